The summed E-state index contributed by atoms with van der Waals surface area (Å²) in [5.41, 5.74) is 19.9. The highest BCUT2D eigenvalue weighted by Crippen LogP contribution is 2.47. The number of anilines is 3. The molecule has 324 valence electrons. The second kappa shape index (κ2) is 16.9. The SMILES string of the molecule is c1ccc(-c2ccc(-c3ccccc3N(c3ccc(-c4cccc(-c5cccc6c5oc5ccccc56)c4)cc3)c3ccccc3-c3ccccc3-n3c4ccccc4c4ccccc43)cc2)cc1. The largest absolute Gasteiger partial charge is 0.455 e. The predicted molar refractivity (Wildman–Crippen MR) is 290 cm³/mol. The van der Waals surface area contributed by atoms with Crippen molar-refractivity contribution in [2.45, 2.75) is 0 Å². The van der Waals surface area contributed by atoms with Crippen molar-refractivity contribution >= 4 is 60.8 Å². The van der Waals surface area contributed by atoms with Gasteiger partial charge in [-0.25, -0.2) is 0 Å². The molecule has 0 fully saturated rings. The summed E-state index contributed by atoms with van der Waals surface area (Å²) in [7, 11) is 0. The van der Waals surface area contributed by atoms with E-state index < -0.39 is 0 Å². The lowest BCUT2D eigenvalue weighted by Crippen LogP contribution is -2.13. The first-order valence-corrected chi connectivity index (χ1v) is 23.6. The summed E-state index contributed by atoms with van der Waals surface area (Å²) >= 11 is 0. The van der Waals surface area contributed by atoms with Gasteiger partial charge in [0.2, 0.25) is 0 Å². The summed E-state index contributed by atoms with van der Waals surface area (Å²) < 4.78 is 8.91. The van der Waals surface area contributed by atoms with E-state index in [9.17, 15) is 0 Å². The van der Waals surface area contributed by atoms with Crippen molar-refractivity contribution in [3.05, 3.63) is 267 Å². The van der Waals surface area contributed by atoms with Crippen LogP contribution >= 0.6 is 0 Å². The molecule has 69 heavy (non-hydrogen) atoms. The van der Waals surface area contributed by atoms with Gasteiger partial charge in [-0.2, -0.15) is 0 Å². The van der Waals surface area contributed by atoms with Gasteiger partial charge in [0.1, 0.15) is 11.2 Å². The summed E-state index contributed by atoms with van der Waals surface area (Å²) in [6.45, 7) is 0. The average molecular weight is 881 g/mol. The monoisotopic (exact) mass is 880 g/mol. The number of furan rings is 1. The lowest BCUT2D eigenvalue weighted by atomic mass is 9.96. The van der Waals surface area contributed by atoms with Crippen LogP contribution in [0.25, 0.3) is 105 Å². The molecular formula is C66H44N2O. The number of hydrogen-bond donors (Lipinski definition) is 0. The fourth-order valence-corrected chi connectivity index (χ4v) is 10.4. The van der Waals surface area contributed by atoms with Crippen molar-refractivity contribution in [3.8, 4) is 61.3 Å². The van der Waals surface area contributed by atoms with Gasteiger partial charge in [-0.3, -0.25) is 0 Å². The zero-order valence-electron chi connectivity index (χ0n) is 37.7. The van der Waals surface area contributed by atoms with E-state index >= 15 is 0 Å². The molecule has 13 aromatic rings. The molecule has 0 unspecified atom stereocenters. The number of nitrogens with zero attached hydrogens (tertiary/aromatic N) is 2. The van der Waals surface area contributed by atoms with Crippen LogP contribution in [-0.2, 0) is 0 Å². The van der Waals surface area contributed by atoms with E-state index in [2.05, 4.69) is 264 Å². The topological polar surface area (TPSA) is 21.3 Å². The molecule has 0 aliphatic heterocycles. The lowest BCUT2D eigenvalue weighted by Gasteiger charge is -2.30. The fraction of sp³-hybridized carbons (Fsp3) is 0. The Morgan fingerprint density at radius 2 is 0.768 bits per heavy atom. The highest BCUT2D eigenvalue weighted by molar-refractivity contribution is 6.11. The van der Waals surface area contributed by atoms with Crippen LogP contribution in [0.3, 0.4) is 0 Å². The van der Waals surface area contributed by atoms with Gasteiger partial charge in [0.15, 0.2) is 0 Å². The number of rotatable bonds is 9. The van der Waals surface area contributed by atoms with Crippen molar-refractivity contribution in [2.24, 2.45) is 0 Å². The first-order chi connectivity index (χ1) is 34.2. The Morgan fingerprint density at radius 1 is 0.290 bits per heavy atom. The summed E-state index contributed by atoms with van der Waals surface area (Å²) in [4.78, 5) is 2.45. The highest BCUT2D eigenvalue weighted by atomic mass is 16.3. The van der Waals surface area contributed by atoms with Crippen LogP contribution in [-0.4, -0.2) is 4.57 Å². The molecule has 11 aromatic carbocycles. The first kappa shape index (κ1) is 40.1. The van der Waals surface area contributed by atoms with Crippen LogP contribution in [0.15, 0.2) is 271 Å². The van der Waals surface area contributed by atoms with Crippen molar-refractivity contribution in [1.82, 2.24) is 4.57 Å². The molecule has 0 saturated carbocycles. The third-order valence-corrected chi connectivity index (χ3v) is 13.6. The molecule has 13 rings (SSSR count). The van der Waals surface area contributed by atoms with Crippen LogP contribution in [0.1, 0.15) is 0 Å². The smallest absolute Gasteiger partial charge is 0.143 e. The maximum atomic E-state index is 6.48. The third kappa shape index (κ3) is 6.99. The molecule has 0 spiro atoms. The molecular weight excluding hydrogens is 837 g/mol. The van der Waals surface area contributed by atoms with Gasteiger partial charge in [-0.15, -0.1) is 0 Å². The van der Waals surface area contributed by atoms with Gasteiger partial charge in [-0.05, 0) is 88.0 Å². The molecule has 0 saturated heterocycles. The standard InChI is InChI=1S/C66H44N2O/c1-2-18-45(19-3-1)46-36-38-48(39-37-46)52-22-4-10-30-60(52)67(51-42-40-47(41-43-51)49-20-16-21-50(44-49)53-28-17-29-59-58-27-9-15-35-65(58)69-66(53)59)61-31-11-5-23-54(61)55-24-6-12-32-62(55)68-63-33-13-7-25-56(63)57-26-8-14-34-64(57)68/h1-44H. The maximum Gasteiger partial charge on any atom is 0.143 e. The van der Waals surface area contributed by atoms with Gasteiger partial charge in [0.05, 0.1) is 28.1 Å². The Balaban J connectivity index is 0.965. The van der Waals surface area contributed by atoms with E-state index in [0.717, 1.165) is 89.2 Å². The van der Waals surface area contributed by atoms with E-state index in [1.807, 2.05) is 12.1 Å². The van der Waals surface area contributed by atoms with Crippen LogP contribution in [0.2, 0.25) is 0 Å². The molecule has 3 nitrogen and oxygen atoms in total. The van der Waals surface area contributed by atoms with Crippen molar-refractivity contribution in [1.29, 1.82) is 0 Å². The Kier molecular flexibility index (Phi) is 9.84. The quantitative estimate of drug-likeness (QED) is 0.144. The molecule has 2 aromatic heterocycles. The lowest BCUT2D eigenvalue weighted by molar-refractivity contribution is 0.670. The van der Waals surface area contributed by atoms with E-state index in [-0.39, 0.29) is 0 Å². The predicted octanol–water partition coefficient (Wildman–Crippen LogP) is 18.5. The number of para-hydroxylation sites is 7. The van der Waals surface area contributed by atoms with E-state index in [0.29, 0.717) is 0 Å². The summed E-state index contributed by atoms with van der Waals surface area (Å²) in [6, 6.07) is 96.2. The van der Waals surface area contributed by atoms with E-state index in [1.165, 1.54) is 32.9 Å². The molecule has 2 heterocycles. The normalized spacial score (nSPS) is 11.5. The van der Waals surface area contributed by atoms with Crippen LogP contribution < -0.4 is 4.90 Å². The second-order valence-electron chi connectivity index (χ2n) is 17.6. The minimum Gasteiger partial charge on any atom is -0.455 e. The molecule has 0 aliphatic rings. The molecule has 0 aliphatic carbocycles. The van der Waals surface area contributed by atoms with Crippen molar-refractivity contribution in [3.63, 3.8) is 0 Å². The minimum absolute atomic E-state index is 0.902. The van der Waals surface area contributed by atoms with Gasteiger partial charge >= 0.3 is 0 Å². The van der Waals surface area contributed by atoms with Crippen molar-refractivity contribution < 1.29 is 4.42 Å². The van der Waals surface area contributed by atoms with Gasteiger partial charge in [-0.1, -0.05) is 212 Å². The molecule has 3 heteroatoms. The van der Waals surface area contributed by atoms with Crippen molar-refractivity contribution in [2.75, 3.05) is 4.90 Å². The second-order valence-corrected chi connectivity index (χ2v) is 17.6. The first-order valence-electron chi connectivity index (χ1n) is 23.6. The highest BCUT2D eigenvalue weighted by Gasteiger charge is 2.23. The number of fused-ring (bicyclic) bond motifs is 6. The molecule has 0 radical (unpaired) electrons. The van der Waals surface area contributed by atoms with Gasteiger partial charge < -0.3 is 13.9 Å². The Morgan fingerprint density at radius 3 is 1.52 bits per heavy atom. The third-order valence-electron chi connectivity index (χ3n) is 13.6. The van der Waals surface area contributed by atoms with E-state index in [4.69, 9.17) is 4.42 Å². The van der Waals surface area contributed by atoms with Crippen LogP contribution in [0.5, 0.6) is 0 Å². The summed E-state index contributed by atoms with van der Waals surface area (Å²) in [5, 5.41) is 4.74. The molecule has 0 N–H and O–H groups in total. The molecule has 0 amide bonds. The zero-order valence-corrected chi connectivity index (χ0v) is 37.7. The number of benzene rings is 11. The number of hydrogen-bond acceptors (Lipinski definition) is 2. The Bertz CT molecular complexity index is 3960. The molecule has 0 atom stereocenters. The summed E-state index contributed by atoms with van der Waals surface area (Å²) in [5.74, 6) is 0. The van der Waals surface area contributed by atoms with E-state index in [1.54, 1.807) is 0 Å². The summed E-state index contributed by atoms with van der Waals surface area (Å²) in [6.07, 6.45) is 0. The Labute approximate surface area is 401 Å². The van der Waals surface area contributed by atoms with Crippen LogP contribution in [0.4, 0.5) is 17.1 Å². The maximum absolute atomic E-state index is 6.48. The minimum atomic E-state index is 0.902. The van der Waals surface area contributed by atoms with Gasteiger partial charge in [0, 0.05) is 49.5 Å². The fourth-order valence-electron chi connectivity index (χ4n) is 10.4. The number of aromatic nitrogens is 1. The molecule has 0 bridgehead atoms. The zero-order chi connectivity index (χ0) is 45.7. The average Bonchev–Trinajstić information content (AvgIpc) is 3.98. The van der Waals surface area contributed by atoms with Gasteiger partial charge in [0.25, 0.3) is 0 Å². The Hall–Kier alpha value is -9.18. The van der Waals surface area contributed by atoms with Crippen LogP contribution in [0, 0.1) is 0 Å².